The van der Waals surface area contributed by atoms with E-state index in [0.29, 0.717) is 5.69 Å². The van der Waals surface area contributed by atoms with Crippen LogP contribution < -0.4 is 11.1 Å². The van der Waals surface area contributed by atoms with Gasteiger partial charge in [-0.1, -0.05) is 0 Å². The molecule has 0 saturated carbocycles. The lowest BCUT2D eigenvalue weighted by Crippen LogP contribution is -2.21. The molecule has 2 rings (SSSR count). The smallest absolute Gasteiger partial charge is 0.337 e. The lowest BCUT2D eigenvalue weighted by atomic mass is 10.1. The first-order valence-electron chi connectivity index (χ1n) is 6.33. The second-order valence-corrected chi connectivity index (χ2v) is 4.86. The van der Waals surface area contributed by atoms with E-state index in [0.717, 1.165) is 17.8 Å². The number of benzene rings is 1. The van der Waals surface area contributed by atoms with Gasteiger partial charge in [0.05, 0.1) is 11.9 Å². The third-order valence-corrected chi connectivity index (χ3v) is 3.07. The van der Waals surface area contributed by atoms with E-state index in [9.17, 15) is 4.79 Å². The van der Waals surface area contributed by atoms with Gasteiger partial charge in [0.1, 0.15) is 0 Å². The number of aromatic nitrogens is 2. The van der Waals surface area contributed by atoms with E-state index in [2.05, 4.69) is 10.3 Å². The first-order chi connectivity index (χ1) is 9.47. The average molecular weight is 274 g/mol. The van der Waals surface area contributed by atoms with Crippen molar-refractivity contribution in [3.63, 3.8) is 0 Å². The van der Waals surface area contributed by atoms with Crippen LogP contribution in [0.3, 0.4) is 0 Å². The molecule has 6 heteroatoms. The van der Waals surface area contributed by atoms with Crippen molar-refractivity contribution >= 4 is 17.3 Å². The summed E-state index contributed by atoms with van der Waals surface area (Å²) in [5, 5.41) is 12.4. The minimum atomic E-state index is -1.02. The van der Waals surface area contributed by atoms with Crippen LogP contribution in [0.25, 0.3) is 0 Å². The highest BCUT2D eigenvalue weighted by Gasteiger charge is 2.12. The van der Waals surface area contributed by atoms with Crippen LogP contribution in [0, 0.1) is 6.92 Å². The summed E-state index contributed by atoms with van der Waals surface area (Å²) >= 11 is 0. The van der Waals surface area contributed by atoms with E-state index in [-0.39, 0.29) is 11.6 Å². The summed E-state index contributed by atoms with van der Waals surface area (Å²) in [6.07, 6.45) is 5.35. The van der Waals surface area contributed by atoms with Crippen molar-refractivity contribution < 1.29 is 9.90 Å². The highest BCUT2D eigenvalue weighted by Crippen LogP contribution is 2.23. The zero-order chi connectivity index (χ0) is 14.7. The molecule has 6 nitrogen and oxygen atoms in total. The van der Waals surface area contributed by atoms with E-state index in [1.807, 2.05) is 23.8 Å². The van der Waals surface area contributed by atoms with Gasteiger partial charge in [0.25, 0.3) is 0 Å². The Morgan fingerprint density at radius 1 is 1.55 bits per heavy atom. The largest absolute Gasteiger partial charge is 0.478 e. The first kappa shape index (κ1) is 13.9. The molecule has 0 spiro atoms. The summed E-state index contributed by atoms with van der Waals surface area (Å²) in [5.74, 6) is -1.02. The lowest BCUT2D eigenvalue weighted by Gasteiger charge is -2.17. The number of carboxylic acids is 1. The molecule has 0 aliphatic carbocycles. The number of nitrogens with two attached hydrogens (primary N) is 1. The van der Waals surface area contributed by atoms with Gasteiger partial charge in [-0.2, -0.15) is 0 Å². The Morgan fingerprint density at radius 3 is 2.90 bits per heavy atom. The molecular weight excluding hydrogens is 256 g/mol. The SMILES string of the molecule is Cc1cc(NC(C)Cn2ccnc2)cc(C(=O)O)c1N. The van der Waals surface area contributed by atoms with Gasteiger partial charge in [0.15, 0.2) is 0 Å². The Morgan fingerprint density at radius 2 is 2.30 bits per heavy atom. The van der Waals surface area contributed by atoms with Gasteiger partial charge >= 0.3 is 5.97 Å². The predicted molar refractivity (Wildman–Crippen MR) is 77.9 cm³/mol. The minimum Gasteiger partial charge on any atom is -0.478 e. The van der Waals surface area contributed by atoms with Crippen molar-refractivity contribution in [2.45, 2.75) is 26.4 Å². The number of hydrogen-bond donors (Lipinski definition) is 3. The van der Waals surface area contributed by atoms with Crippen LogP contribution in [0.5, 0.6) is 0 Å². The fourth-order valence-electron chi connectivity index (χ4n) is 2.10. The molecule has 1 atom stereocenters. The highest BCUT2D eigenvalue weighted by molar-refractivity contribution is 5.95. The maximum absolute atomic E-state index is 11.1. The topological polar surface area (TPSA) is 93.2 Å². The van der Waals surface area contributed by atoms with E-state index < -0.39 is 5.97 Å². The zero-order valence-corrected chi connectivity index (χ0v) is 11.5. The number of anilines is 2. The Hall–Kier alpha value is -2.50. The predicted octanol–water partition coefficient (Wildman–Crippen LogP) is 1.97. The third-order valence-electron chi connectivity index (χ3n) is 3.07. The molecule has 1 aromatic heterocycles. The quantitative estimate of drug-likeness (QED) is 0.725. The van der Waals surface area contributed by atoms with Gasteiger partial charge < -0.3 is 20.7 Å². The number of aryl methyl sites for hydroxylation is 1. The molecule has 0 fully saturated rings. The molecule has 0 aliphatic heterocycles. The number of hydrogen-bond acceptors (Lipinski definition) is 4. The standard InChI is InChI=1S/C14H18N4O2/c1-9-5-11(6-12(13(9)15)14(19)20)17-10(2)7-18-4-3-16-8-18/h3-6,8,10,17H,7,15H2,1-2H3,(H,19,20). The molecule has 1 unspecified atom stereocenters. The molecule has 0 saturated heterocycles. The van der Waals surface area contributed by atoms with Gasteiger partial charge in [-0.15, -0.1) is 0 Å². The highest BCUT2D eigenvalue weighted by atomic mass is 16.4. The lowest BCUT2D eigenvalue weighted by molar-refractivity contribution is 0.0698. The Kier molecular flexibility index (Phi) is 3.93. The maximum Gasteiger partial charge on any atom is 0.337 e. The number of rotatable bonds is 5. The van der Waals surface area contributed by atoms with E-state index in [1.165, 1.54) is 0 Å². The monoisotopic (exact) mass is 274 g/mol. The molecule has 1 aromatic carbocycles. The number of carbonyl (C=O) groups is 1. The Bertz CT molecular complexity index is 608. The molecule has 0 amide bonds. The van der Waals surface area contributed by atoms with Crippen molar-refractivity contribution in [1.82, 2.24) is 9.55 Å². The summed E-state index contributed by atoms with van der Waals surface area (Å²) in [7, 11) is 0. The second kappa shape index (κ2) is 5.64. The first-order valence-corrected chi connectivity index (χ1v) is 6.33. The van der Waals surface area contributed by atoms with Crippen LogP contribution in [0.1, 0.15) is 22.8 Å². The summed E-state index contributed by atoms with van der Waals surface area (Å²) in [6.45, 7) is 4.56. The van der Waals surface area contributed by atoms with Gasteiger partial charge in [-0.05, 0) is 31.5 Å². The second-order valence-electron chi connectivity index (χ2n) is 4.86. The molecule has 0 bridgehead atoms. The fraction of sp³-hybridized carbons (Fsp3) is 0.286. The van der Waals surface area contributed by atoms with Gasteiger partial charge in [0.2, 0.25) is 0 Å². The van der Waals surface area contributed by atoms with Crippen molar-refractivity contribution in [2.75, 3.05) is 11.1 Å². The maximum atomic E-state index is 11.1. The van der Waals surface area contributed by atoms with Crippen LogP contribution in [0.4, 0.5) is 11.4 Å². The molecule has 1 heterocycles. The van der Waals surface area contributed by atoms with Crippen molar-refractivity contribution in [1.29, 1.82) is 0 Å². The number of aromatic carboxylic acids is 1. The molecule has 4 N–H and O–H groups in total. The van der Waals surface area contributed by atoms with Crippen LogP contribution in [0.15, 0.2) is 30.9 Å². The molecule has 106 valence electrons. The average Bonchev–Trinajstić information content (AvgIpc) is 2.85. The van der Waals surface area contributed by atoms with Gasteiger partial charge in [-0.25, -0.2) is 9.78 Å². The van der Waals surface area contributed by atoms with Gasteiger partial charge in [-0.3, -0.25) is 0 Å². The Balaban J connectivity index is 2.15. The molecule has 20 heavy (non-hydrogen) atoms. The van der Waals surface area contributed by atoms with Crippen LogP contribution in [0.2, 0.25) is 0 Å². The molecule has 2 aromatic rings. The molecule has 0 aliphatic rings. The zero-order valence-electron chi connectivity index (χ0n) is 11.5. The summed E-state index contributed by atoms with van der Waals surface area (Å²) < 4.78 is 1.96. The van der Waals surface area contributed by atoms with Crippen molar-refractivity contribution in [3.8, 4) is 0 Å². The minimum absolute atomic E-state index is 0.127. The van der Waals surface area contributed by atoms with Crippen LogP contribution >= 0.6 is 0 Å². The van der Waals surface area contributed by atoms with Crippen molar-refractivity contribution in [2.24, 2.45) is 0 Å². The van der Waals surface area contributed by atoms with E-state index in [1.54, 1.807) is 25.5 Å². The molecular formula is C14H18N4O2. The molecule has 0 radical (unpaired) electrons. The fourth-order valence-corrected chi connectivity index (χ4v) is 2.10. The van der Waals surface area contributed by atoms with Crippen LogP contribution in [-0.4, -0.2) is 26.7 Å². The van der Waals surface area contributed by atoms with E-state index >= 15 is 0 Å². The normalized spacial score (nSPS) is 12.1. The number of nitrogens with zero attached hydrogens (tertiary/aromatic N) is 2. The number of imidazole rings is 1. The number of nitrogens with one attached hydrogen (secondary N) is 1. The summed E-state index contributed by atoms with van der Waals surface area (Å²) in [6, 6.07) is 3.55. The van der Waals surface area contributed by atoms with E-state index in [4.69, 9.17) is 10.8 Å². The summed E-state index contributed by atoms with van der Waals surface area (Å²) in [5.41, 5.74) is 7.71. The van der Waals surface area contributed by atoms with Crippen LogP contribution in [-0.2, 0) is 6.54 Å². The summed E-state index contributed by atoms with van der Waals surface area (Å²) in [4.78, 5) is 15.1. The van der Waals surface area contributed by atoms with Gasteiger partial charge in [0, 0.05) is 36.4 Å². The van der Waals surface area contributed by atoms with Crippen molar-refractivity contribution in [3.05, 3.63) is 42.0 Å². The Labute approximate surface area is 117 Å². The number of nitrogen functional groups attached to an aromatic ring is 1. The third kappa shape index (κ3) is 3.09. The number of carboxylic acid groups (broad SMARTS) is 1.